The van der Waals surface area contributed by atoms with Crippen molar-refractivity contribution in [2.45, 2.75) is 69.7 Å². The van der Waals surface area contributed by atoms with E-state index in [9.17, 15) is 0 Å². The van der Waals surface area contributed by atoms with Crippen LogP contribution < -0.4 is 5.32 Å². The van der Waals surface area contributed by atoms with Crippen LogP contribution in [0.3, 0.4) is 0 Å². The first-order valence-electron chi connectivity index (χ1n) is 6.20. The van der Waals surface area contributed by atoms with Gasteiger partial charge in [0.25, 0.3) is 0 Å². The monoisotopic (exact) mass is 217 g/mol. The van der Waals surface area contributed by atoms with E-state index in [4.69, 9.17) is 11.6 Å². The van der Waals surface area contributed by atoms with E-state index in [1.807, 2.05) is 0 Å². The van der Waals surface area contributed by atoms with E-state index in [2.05, 4.69) is 12.2 Å². The molecule has 0 aromatic heterocycles. The molecule has 0 radical (unpaired) electrons. The van der Waals surface area contributed by atoms with Gasteiger partial charge in [-0.3, -0.25) is 0 Å². The lowest BCUT2D eigenvalue weighted by molar-refractivity contribution is 0.343. The number of hydrogen-bond acceptors (Lipinski definition) is 1. The van der Waals surface area contributed by atoms with E-state index < -0.39 is 0 Å². The van der Waals surface area contributed by atoms with Crippen LogP contribution in [0.2, 0.25) is 0 Å². The standard InChI is InChI=1S/C12H24ClN/c1-2-3-4-5-6-7-8-14-12-9-11(13)10-12/h11-12,14H,2-10H2,1H3. The molecule has 1 rings (SSSR count). The van der Waals surface area contributed by atoms with Crippen molar-refractivity contribution in [2.24, 2.45) is 0 Å². The van der Waals surface area contributed by atoms with Crippen LogP contribution in [0.15, 0.2) is 0 Å². The van der Waals surface area contributed by atoms with Gasteiger partial charge in [0.15, 0.2) is 0 Å². The highest BCUT2D eigenvalue weighted by Gasteiger charge is 2.25. The van der Waals surface area contributed by atoms with Crippen molar-refractivity contribution in [3.63, 3.8) is 0 Å². The summed E-state index contributed by atoms with van der Waals surface area (Å²) in [6, 6.07) is 0.730. The Labute approximate surface area is 93.6 Å². The maximum absolute atomic E-state index is 5.90. The molecule has 0 saturated heterocycles. The first kappa shape index (κ1) is 12.3. The number of unbranched alkanes of at least 4 members (excludes halogenated alkanes) is 5. The maximum atomic E-state index is 5.90. The van der Waals surface area contributed by atoms with Crippen molar-refractivity contribution < 1.29 is 0 Å². The van der Waals surface area contributed by atoms with E-state index in [-0.39, 0.29) is 0 Å². The highest BCUT2D eigenvalue weighted by molar-refractivity contribution is 6.21. The summed E-state index contributed by atoms with van der Waals surface area (Å²) in [5, 5.41) is 4.01. The Morgan fingerprint density at radius 3 is 2.36 bits per heavy atom. The van der Waals surface area contributed by atoms with Crippen LogP contribution in [-0.4, -0.2) is 18.0 Å². The fourth-order valence-electron chi connectivity index (χ4n) is 1.93. The SMILES string of the molecule is CCCCCCCCNC1CC(Cl)C1. The molecule has 1 aliphatic rings. The second-order valence-electron chi connectivity index (χ2n) is 4.49. The van der Waals surface area contributed by atoms with Crippen LogP contribution in [0.1, 0.15) is 58.3 Å². The highest BCUT2D eigenvalue weighted by Crippen LogP contribution is 2.25. The average molecular weight is 218 g/mol. The number of halogens is 1. The first-order valence-corrected chi connectivity index (χ1v) is 6.64. The first-order chi connectivity index (χ1) is 6.83. The average Bonchev–Trinajstić information content (AvgIpc) is 2.13. The van der Waals surface area contributed by atoms with Gasteiger partial charge >= 0.3 is 0 Å². The normalized spacial score (nSPS) is 26.1. The van der Waals surface area contributed by atoms with Gasteiger partial charge in [-0.1, -0.05) is 39.0 Å². The van der Waals surface area contributed by atoms with Gasteiger partial charge in [-0.05, 0) is 25.8 Å². The van der Waals surface area contributed by atoms with Crippen LogP contribution >= 0.6 is 11.6 Å². The molecular formula is C12H24ClN. The molecule has 0 atom stereocenters. The van der Waals surface area contributed by atoms with Gasteiger partial charge in [-0.25, -0.2) is 0 Å². The highest BCUT2D eigenvalue weighted by atomic mass is 35.5. The van der Waals surface area contributed by atoms with E-state index >= 15 is 0 Å². The lowest BCUT2D eigenvalue weighted by atomic mass is 9.92. The third-order valence-electron chi connectivity index (χ3n) is 3.04. The summed E-state index contributed by atoms with van der Waals surface area (Å²) in [4.78, 5) is 0. The van der Waals surface area contributed by atoms with Crippen molar-refractivity contribution in [2.75, 3.05) is 6.54 Å². The predicted molar refractivity (Wildman–Crippen MR) is 64.0 cm³/mol. The Kier molecular flexibility index (Phi) is 6.63. The summed E-state index contributed by atoms with van der Waals surface area (Å²) in [5.74, 6) is 0. The summed E-state index contributed by atoms with van der Waals surface area (Å²) >= 11 is 5.90. The zero-order chi connectivity index (χ0) is 10.2. The molecule has 1 fully saturated rings. The molecule has 0 aliphatic heterocycles. The summed E-state index contributed by atoms with van der Waals surface area (Å²) in [6.07, 6.45) is 10.7. The zero-order valence-corrected chi connectivity index (χ0v) is 10.2. The van der Waals surface area contributed by atoms with Crippen LogP contribution in [0, 0.1) is 0 Å². The lowest BCUT2D eigenvalue weighted by Gasteiger charge is -2.31. The summed E-state index contributed by atoms with van der Waals surface area (Å²) < 4.78 is 0. The van der Waals surface area contributed by atoms with Crippen LogP contribution in [0.5, 0.6) is 0 Å². The fourth-order valence-corrected chi connectivity index (χ4v) is 2.36. The topological polar surface area (TPSA) is 12.0 Å². The molecule has 14 heavy (non-hydrogen) atoms. The molecule has 0 amide bonds. The van der Waals surface area contributed by atoms with Gasteiger partial charge in [0, 0.05) is 11.4 Å². The molecular weight excluding hydrogens is 194 g/mol. The second-order valence-corrected chi connectivity index (χ2v) is 5.10. The molecule has 1 N–H and O–H groups in total. The molecule has 2 heteroatoms. The molecule has 0 aromatic rings. The minimum atomic E-state index is 0.456. The fraction of sp³-hybridized carbons (Fsp3) is 1.00. The van der Waals surface area contributed by atoms with Gasteiger partial charge in [-0.2, -0.15) is 0 Å². The summed E-state index contributed by atoms with van der Waals surface area (Å²) in [6.45, 7) is 3.46. The molecule has 1 nitrogen and oxygen atoms in total. The summed E-state index contributed by atoms with van der Waals surface area (Å²) in [5.41, 5.74) is 0. The Morgan fingerprint density at radius 2 is 1.71 bits per heavy atom. The number of rotatable bonds is 8. The van der Waals surface area contributed by atoms with E-state index in [1.54, 1.807) is 0 Å². The maximum Gasteiger partial charge on any atom is 0.0365 e. The molecule has 0 unspecified atom stereocenters. The smallest absolute Gasteiger partial charge is 0.0365 e. The molecule has 1 aliphatic carbocycles. The number of alkyl halides is 1. The quantitative estimate of drug-likeness (QED) is 0.483. The third kappa shape index (κ3) is 5.21. The van der Waals surface area contributed by atoms with Crippen molar-refractivity contribution >= 4 is 11.6 Å². The number of nitrogens with one attached hydrogen (secondary N) is 1. The van der Waals surface area contributed by atoms with Gasteiger partial charge in [-0.15, -0.1) is 11.6 Å². The Balaban J connectivity index is 1.72. The minimum absolute atomic E-state index is 0.456. The Bertz CT molecular complexity index is 132. The van der Waals surface area contributed by atoms with Crippen LogP contribution in [0.4, 0.5) is 0 Å². The van der Waals surface area contributed by atoms with Gasteiger partial charge in [0.1, 0.15) is 0 Å². The Morgan fingerprint density at radius 1 is 1.07 bits per heavy atom. The van der Waals surface area contributed by atoms with Gasteiger partial charge in [0.05, 0.1) is 0 Å². The van der Waals surface area contributed by atoms with E-state index in [0.29, 0.717) is 5.38 Å². The third-order valence-corrected chi connectivity index (χ3v) is 3.40. The van der Waals surface area contributed by atoms with Crippen molar-refractivity contribution in [3.05, 3.63) is 0 Å². The largest absolute Gasteiger partial charge is 0.314 e. The molecule has 0 heterocycles. The zero-order valence-electron chi connectivity index (χ0n) is 9.40. The predicted octanol–water partition coefficient (Wildman–Crippen LogP) is 3.71. The second kappa shape index (κ2) is 7.53. The van der Waals surface area contributed by atoms with Gasteiger partial charge < -0.3 is 5.32 Å². The van der Waals surface area contributed by atoms with Crippen molar-refractivity contribution in [3.8, 4) is 0 Å². The molecule has 84 valence electrons. The Hall–Kier alpha value is 0.250. The summed E-state index contributed by atoms with van der Waals surface area (Å²) in [7, 11) is 0. The molecule has 1 saturated carbocycles. The van der Waals surface area contributed by atoms with Crippen molar-refractivity contribution in [1.82, 2.24) is 5.32 Å². The van der Waals surface area contributed by atoms with Crippen LogP contribution in [0.25, 0.3) is 0 Å². The molecule has 0 aromatic carbocycles. The lowest BCUT2D eigenvalue weighted by Crippen LogP contribution is -2.42. The van der Waals surface area contributed by atoms with Crippen LogP contribution in [-0.2, 0) is 0 Å². The van der Waals surface area contributed by atoms with E-state index in [1.165, 1.54) is 57.9 Å². The van der Waals surface area contributed by atoms with Gasteiger partial charge in [0.2, 0.25) is 0 Å². The molecule has 0 bridgehead atoms. The minimum Gasteiger partial charge on any atom is -0.314 e. The molecule has 0 spiro atoms. The van der Waals surface area contributed by atoms with Crippen molar-refractivity contribution in [1.29, 1.82) is 0 Å². The van der Waals surface area contributed by atoms with E-state index in [0.717, 1.165) is 6.04 Å². The number of hydrogen-bond donors (Lipinski definition) is 1.